The van der Waals surface area contributed by atoms with Gasteiger partial charge in [-0.2, -0.15) is 0 Å². The molecule has 0 aliphatic rings. The van der Waals surface area contributed by atoms with Crippen molar-refractivity contribution in [3.63, 3.8) is 0 Å². The monoisotopic (exact) mass is 278 g/mol. The van der Waals surface area contributed by atoms with Gasteiger partial charge in [0.15, 0.2) is 5.82 Å². The molecule has 0 spiro atoms. The van der Waals surface area contributed by atoms with Gasteiger partial charge in [-0.25, -0.2) is 4.98 Å². The molecule has 82 valence electrons. The first-order chi connectivity index (χ1) is 7.58. The molecule has 5 heteroatoms. The second kappa shape index (κ2) is 4.17. The van der Waals surface area contributed by atoms with Crippen molar-refractivity contribution in [2.45, 2.75) is 13.8 Å². The number of rotatable bonds is 1. The zero-order valence-electron chi connectivity index (χ0n) is 9.03. The van der Waals surface area contributed by atoms with Gasteiger partial charge in [0.1, 0.15) is 11.5 Å². The van der Waals surface area contributed by atoms with Crippen molar-refractivity contribution in [2.24, 2.45) is 0 Å². The molecule has 0 bridgehead atoms. The summed E-state index contributed by atoms with van der Waals surface area (Å²) in [6.07, 6.45) is 0. The lowest BCUT2D eigenvalue weighted by molar-refractivity contribution is 0.919. The third-order valence-corrected chi connectivity index (χ3v) is 2.77. The Balaban J connectivity index is 2.62. The number of halogens is 1. The van der Waals surface area contributed by atoms with Gasteiger partial charge in [-0.1, -0.05) is 22.0 Å². The van der Waals surface area contributed by atoms with Crippen LogP contribution in [0.1, 0.15) is 11.4 Å². The van der Waals surface area contributed by atoms with Crippen LogP contribution >= 0.6 is 15.9 Å². The van der Waals surface area contributed by atoms with E-state index in [1.54, 1.807) is 6.92 Å². The third kappa shape index (κ3) is 2.04. The van der Waals surface area contributed by atoms with Gasteiger partial charge in [0.05, 0.1) is 0 Å². The number of hydrogen-bond acceptors (Lipinski definition) is 4. The standard InChI is InChI=1S/C11H11BrN4/c1-6-3-4-8(12)5-9(6)10-11(13)14-7(2)15-16-10/h3-5H,1-2H3,(H2,13,14,15). The average molecular weight is 279 g/mol. The highest BCUT2D eigenvalue weighted by Gasteiger charge is 2.10. The smallest absolute Gasteiger partial charge is 0.154 e. The van der Waals surface area contributed by atoms with Crippen molar-refractivity contribution < 1.29 is 0 Å². The molecule has 16 heavy (non-hydrogen) atoms. The minimum atomic E-state index is 0.411. The van der Waals surface area contributed by atoms with Gasteiger partial charge in [-0.05, 0) is 31.5 Å². The Hall–Kier alpha value is -1.49. The Morgan fingerprint density at radius 3 is 2.62 bits per heavy atom. The van der Waals surface area contributed by atoms with E-state index < -0.39 is 0 Å². The lowest BCUT2D eigenvalue weighted by atomic mass is 10.1. The van der Waals surface area contributed by atoms with E-state index in [4.69, 9.17) is 5.73 Å². The maximum atomic E-state index is 5.84. The fourth-order valence-electron chi connectivity index (χ4n) is 1.46. The summed E-state index contributed by atoms with van der Waals surface area (Å²) in [6.45, 7) is 3.77. The van der Waals surface area contributed by atoms with Crippen LogP contribution in [0, 0.1) is 13.8 Å². The molecule has 1 heterocycles. The van der Waals surface area contributed by atoms with Crippen LogP contribution in [0.3, 0.4) is 0 Å². The maximum absolute atomic E-state index is 5.84. The molecule has 2 rings (SSSR count). The zero-order valence-corrected chi connectivity index (χ0v) is 10.6. The fraction of sp³-hybridized carbons (Fsp3) is 0.182. The fourth-order valence-corrected chi connectivity index (χ4v) is 1.83. The van der Waals surface area contributed by atoms with Crippen molar-refractivity contribution in [3.05, 3.63) is 34.1 Å². The minimum Gasteiger partial charge on any atom is -0.382 e. The Labute approximate surface area is 102 Å². The number of benzene rings is 1. The largest absolute Gasteiger partial charge is 0.382 e. The molecule has 0 saturated carbocycles. The maximum Gasteiger partial charge on any atom is 0.154 e. The number of nitrogen functional groups attached to an aromatic ring is 1. The van der Waals surface area contributed by atoms with E-state index in [1.165, 1.54) is 0 Å². The normalized spacial score (nSPS) is 10.4. The highest BCUT2D eigenvalue weighted by Crippen LogP contribution is 2.27. The molecule has 1 aromatic carbocycles. The topological polar surface area (TPSA) is 64.7 Å². The van der Waals surface area contributed by atoms with Crippen molar-refractivity contribution in [3.8, 4) is 11.3 Å². The lowest BCUT2D eigenvalue weighted by Crippen LogP contribution is -2.02. The van der Waals surface area contributed by atoms with E-state index in [1.807, 2.05) is 25.1 Å². The predicted molar refractivity (Wildman–Crippen MR) is 66.8 cm³/mol. The van der Waals surface area contributed by atoms with Crippen molar-refractivity contribution >= 4 is 21.7 Å². The molecule has 0 amide bonds. The summed E-state index contributed by atoms with van der Waals surface area (Å²) in [7, 11) is 0. The van der Waals surface area contributed by atoms with Gasteiger partial charge in [-0.15, -0.1) is 10.2 Å². The van der Waals surface area contributed by atoms with E-state index in [9.17, 15) is 0 Å². The zero-order chi connectivity index (χ0) is 11.7. The van der Waals surface area contributed by atoms with E-state index in [2.05, 4.69) is 31.1 Å². The van der Waals surface area contributed by atoms with Crippen molar-refractivity contribution in [1.82, 2.24) is 15.2 Å². The van der Waals surface area contributed by atoms with Gasteiger partial charge >= 0.3 is 0 Å². The Kier molecular flexibility index (Phi) is 2.87. The molecule has 0 fully saturated rings. The van der Waals surface area contributed by atoms with Gasteiger partial charge in [0.25, 0.3) is 0 Å². The van der Waals surface area contributed by atoms with E-state index >= 15 is 0 Å². The van der Waals surface area contributed by atoms with Crippen LogP contribution in [0.5, 0.6) is 0 Å². The van der Waals surface area contributed by atoms with E-state index in [0.717, 1.165) is 15.6 Å². The summed E-state index contributed by atoms with van der Waals surface area (Å²) in [5, 5.41) is 8.02. The lowest BCUT2D eigenvalue weighted by Gasteiger charge is -2.07. The SMILES string of the molecule is Cc1nnc(-c2cc(Br)ccc2C)c(N)n1. The second-order valence-corrected chi connectivity index (χ2v) is 4.47. The summed E-state index contributed by atoms with van der Waals surface area (Å²) >= 11 is 3.42. The van der Waals surface area contributed by atoms with Crippen LogP contribution in [0.2, 0.25) is 0 Å². The molecule has 0 aliphatic carbocycles. The van der Waals surface area contributed by atoms with Crippen LogP contribution in [-0.4, -0.2) is 15.2 Å². The van der Waals surface area contributed by atoms with Gasteiger partial charge < -0.3 is 5.73 Å². The van der Waals surface area contributed by atoms with Gasteiger partial charge in [-0.3, -0.25) is 0 Å². The Bertz CT molecular complexity index is 540. The molecule has 0 saturated heterocycles. The molecule has 2 N–H and O–H groups in total. The summed E-state index contributed by atoms with van der Waals surface area (Å²) in [4.78, 5) is 4.11. The third-order valence-electron chi connectivity index (χ3n) is 2.27. The molecule has 2 aromatic rings. The first-order valence-electron chi connectivity index (χ1n) is 4.81. The summed E-state index contributed by atoms with van der Waals surface area (Å²) < 4.78 is 0.981. The van der Waals surface area contributed by atoms with E-state index in [0.29, 0.717) is 17.3 Å². The predicted octanol–water partition coefficient (Wildman–Crippen LogP) is 2.50. The molecular weight excluding hydrogens is 268 g/mol. The second-order valence-electron chi connectivity index (χ2n) is 3.55. The Morgan fingerprint density at radius 2 is 1.94 bits per heavy atom. The summed E-state index contributed by atoms with van der Waals surface area (Å²) in [5.41, 5.74) is 8.52. The number of hydrogen-bond donors (Lipinski definition) is 1. The first kappa shape index (κ1) is 11.0. The average Bonchev–Trinajstić information content (AvgIpc) is 2.22. The van der Waals surface area contributed by atoms with E-state index in [-0.39, 0.29) is 0 Å². The van der Waals surface area contributed by atoms with Crippen LogP contribution in [0.4, 0.5) is 5.82 Å². The summed E-state index contributed by atoms with van der Waals surface area (Å²) in [5.74, 6) is 0.989. The van der Waals surface area contributed by atoms with Gasteiger partial charge in [0, 0.05) is 10.0 Å². The number of nitrogens with two attached hydrogens (primary N) is 1. The molecule has 0 atom stereocenters. The number of anilines is 1. The number of aryl methyl sites for hydroxylation is 2. The van der Waals surface area contributed by atoms with Crippen molar-refractivity contribution in [1.29, 1.82) is 0 Å². The highest BCUT2D eigenvalue weighted by molar-refractivity contribution is 9.10. The number of aromatic nitrogens is 3. The number of nitrogens with zero attached hydrogens (tertiary/aromatic N) is 3. The molecule has 4 nitrogen and oxygen atoms in total. The van der Waals surface area contributed by atoms with Crippen molar-refractivity contribution in [2.75, 3.05) is 5.73 Å². The highest BCUT2D eigenvalue weighted by atomic mass is 79.9. The Morgan fingerprint density at radius 1 is 1.19 bits per heavy atom. The minimum absolute atomic E-state index is 0.411. The quantitative estimate of drug-likeness (QED) is 0.871. The van der Waals surface area contributed by atoms with Crippen LogP contribution in [0.25, 0.3) is 11.3 Å². The molecule has 0 radical (unpaired) electrons. The molecule has 1 aromatic heterocycles. The summed E-state index contributed by atoms with van der Waals surface area (Å²) in [6, 6.07) is 5.94. The molecule has 0 aliphatic heterocycles. The van der Waals surface area contributed by atoms with Gasteiger partial charge in [0.2, 0.25) is 0 Å². The first-order valence-corrected chi connectivity index (χ1v) is 5.60. The molecular formula is C11H11BrN4. The molecule has 0 unspecified atom stereocenters. The van der Waals surface area contributed by atoms with Crippen LogP contribution < -0.4 is 5.73 Å². The van der Waals surface area contributed by atoms with Crippen LogP contribution in [0.15, 0.2) is 22.7 Å². The van der Waals surface area contributed by atoms with Crippen LogP contribution in [-0.2, 0) is 0 Å².